The fourth-order valence-electron chi connectivity index (χ4n) is 3.09. The van der Waals surface area contributed by atoms with Crippen LogP contribution in [0.15, 0.2) is 47.3 Å². The van der Waals surface area contributed by atoms with Gasteiger partial charge in [0, 0.05) is 12.7 Å². The number of nitrogens with zero attached hydrogens (tertiary/aromatic N) is 2. The molecule has 0 saturated carbocycles. The summed E-state index contributed by atoms with van der Waals surface area (Å²) in [6, 6.07) is 8.95. The molecular weight excluding hydrogens is 417 g/mol. The molecule has 0 fully saturated rings. The molecule has 0 aliphatic heterocycles. The van der Waals surface area contributed by atoms with E-state index in [1.54, 1.807) is 32.2 Å². The van der Waals surface area contributed by atoms with Crippen LogP contribution in [0.2, 0.25) is 0 Å². The Morgan fingerprint density at radius 2 is 1.90 bits per heavy atom. The molecule has 0 spiro atoms. The Hall–Kier alpha value is -2.72. The fraction of sp³-hybridized carbons (Fsp3) is 0.263. The lowest BCUT2D eigenvalue weighted by Gasteiger charge is -2.30. The Morgan fingerprint density at radius 1 is 1.24 bits per heavy atom. The van der Waals surface area contributed by atoms with E-state index in [1.165, 1.54) is 16.7 Å². The number of hydrogen-bond donors (Lipinski definition) is 1. The van der Waals surface area contributed by atoms with Gasteiger partial charge in [0.1, 0.15) is 11.9 Å². The molecule has 154 valence electrons. The molecule has 0 aliphatic carbocycles. The van der Waals surface area contributed by atoms with Crippen LogP contribution in [0.4, 0.5) is 15.8 Å². The molecule has 7 nitrogen and oxygen atoms in total. The van der Waals surface area contributed by atoms with E-state index in [1.807, 2.05) is 0 Å². The molecule has 1 amide bonds. The minimum Gasteiger partial charge on any atom is -0.324 e. The van der Waals surface area contributed by atoms with E-state index in [2.05, 4.69) is 5.32 Å². The number of nitrogens with one attached hydrogen (secondary N) is 1. The highest BCUT2D eigenvalue weighted by atomic mass is 32.2. The summed E-state index contributed by atoms with van der Waals surface area (Å²) in [7, 11) is -2.14. The normalized spacial score (nSPS) is 12.7. The number of anilines is 2. The topological polar surface area (TPSA) is 88.5 Å². The number of hydrogen-bond acceptors (Lipinski definition) is 5. The Balaban J connectivity index is 1.93. The van der Waals surface area contributed by atoms with Crippen LogP contribution in [-0.2, 0) is 21.9 Å². The number of aromatic nitrogens is 1. The number of sulfonamides is 1. The van der Waals surface area contributed by atoms with Crippen molar-refractivity contribution < 1.29 is 17.6 Å². The smallest absolute Gasteiger partial charge is 0.307 e. The van der Waals surface area contributed by atoms with Gasteiger partial charge >= 0.3 is 4.87 Å². The molecule has 0 radical (unpaired) electrons. The van der Waals surface area contributed by atoms with Crippen molar-refractivity contribution in [2.24, 2.45) is 7.05 Å². The Kier molecular flexibility index (Phi) is 5.76. The molecule has 1 atom stereocenters. The van der Waals surface area contributed by atoms with Crippen LogP contribution in [0.3, 0.4) is 0 Å². The molecular formula is C19H20FN3O4S2. The number of halogens is 1. The Bertz CT molecular complexity index is 1220. The van der Waals surface area contributed by atoms with Gasteiger partial charge in [0.15, 0.2) is 0 Å². The fourth-order valence-corrected chi connectivity index (χ4v) is 5.22. The second kappa shape index (κ2) is 7.96. The molecule has 29 heavy (non-hydrogen) atoms. The zero-order valence-electron chi connectivity index (χ0n) is 16.0. The quantitative estimate of drug-likeness (QED) is 0.642. The third-order valence-corrected chi connectivity index (χ3v) is 6.65. The third-order valence-electron chi connectivity index (χ3n) is 4.47. The van der Waals surface area contributed by atoms with E-state index < -0.39 is 27.8 Å². The van der Waals surface area contributed by atoms with Crippen LogP contribution in [0, 0.1) is 5.82 Å². The van der Waals surface area contributed by atoms with Crippen LogP contribution >= 0.6 is 11.3 Å². The van der Waals surface area contributed by atoms with Gasteiger partial charge in [-0.1, -0.05) is 18.3 Å². The van der Waals surface area contributed by atoms with E-state index in [0.29, 0.717) is 10.4 Å². The molecule has 1 heterocycles. The van der Waals surface area contributed by atoms with Crippen molar-refractivity contribution in [1.82, 2.24) is 4.57 Å². The predicted octanol–water partition coefficient (Wildman–Crippen LogP) is 2.92. The zero-order chi connectivity index (χ0) is 21.3. The van der Waals surface area contributed by atoms with Gasteiger partial charge in [-0.25, -0.2) is 12.8 Å². The first-order valence-corrected chi connectivity index (χ1v) is 11.4. The van der Waals surface area contributed by atoms with Gasteiger partial charge in [-0.3, -0.25) is 13.9 Å². The number of aryl methyl sites for hydroxylation is 1. The summed E-state index contributed by atoms with van der Waals surface area (Å²) in [6.07, 6.45) is 1.21. The molecule has 10 heteroatoms. The summed E-state index contributed by atoms with van der Waals surface area (Å²) in [6.45, 7) is 1.69. The molecule has 3 aromatic rings. The number of thiazole rings is 1. The standard InChI is InChI=1S/C19H20FN3O4S2/c1-4-15(23(29(3,26)27)14-8-5-12(20)6-9-14)18(24)21-13-7-10-16-17(11-13)28-19(25)22(16)2/h5-11,15H,4H2,1-3H3,(H,21,24)/t15-/m1/s1. The first-order valence-electron chi connectivity index (χ1n) is 8.77. The zero-order valence-corrected chi connectivity index (χ0v) is 17.7. The number of fused-ring (bicyclic) bond motifs is 1. The van der Waals surface area contributed by atoms with Crippen molar-refractivity contribution in [2.45, 2.75) is 19.4 Å². The average Bonchev–Trinajstić information content (AvgIpc) is 2.93. The molecule has 1 aromatic heterocycles. The minimum atomic E-state index is -3.81. The number of benzene rings is 2. The lowest BCUT2D eigenvalue weighted by molar-refractivity contribution is -0.117. The van der Waals surface area contributed by atoms with Crippen molar-refractivity contribution in [2.75, 3.05) is 15.9 Å². The molecule has 0 saturated heterocycles. The van der Waals surface area contributed by atoms with Crippen LogP contribution in [0.25, 0.3) is 10.2 Å². The van der Waals surface area contributed by atoms with E-state index >= 15 is 0 Å². The highest BCUT2D eigenvalue weighted by Gasteiger charge is 2.31. The molecule has 0 bridgehead atoms. The largest absolute Gasteiger partial charge is 0.324 e. The molecule has 3 rings (SSSR count). The summed E-state index contributed by atoms with van der Waals surface area (Å²) < 4.78 is 41.3. The van der Waals surface area contributed by atoms with Gasteiger partial charge < -0.3 is 9.88 Å². The SMILES string of the molecule is CC[C@H](C(=O)Nc1ccc2c(c1)sc(=O)n2C)N(c1ccc(F)cc1)S(C)(=O)=O. The van der Waals surface area contributed by atoms with Crippen molar-refractivity contribution >= 4 is 48.9 Å². The lowest BCUT2D eigenvalue weighted by atomic mass is 10.1. The van der Waals surface area contributed by atoms with E-state index in [-0.39, 0.29) is 17.0 Å². The average molecular weight is 438 g/mol. The number of rotatable bonds is 6. The van der Waals surface area contributed by atoms with Crippen molar-refractivity contribution in [1.29, 1.82) is 0 Å². The molecule has 0 unspecified atom stereocenters. The number of carbonyl (C=O) groups is 1. The molecule has 0 aliphatic rings. The lowest BCUT2D eigenvalue weighted by Crippen LogP contribution is -2.47. The minimum absolute atomic E-state index is 0.116. The van der Waals surface area contributed by atoms with Crippen molar-refractivity contribution in [3.63, 3.8) is 0 Å². The van der Waals surface area contributed by atoms with Crippen LogP contribution in [-0.4, -0.2) is 31.2 Å². The predicted molar refractivity (Wildman–Crippen MR) is 113 cm³/mol. The van der Waals surface area contributed by atoms with Crippen LogP contribution in [0.1, 0.15) is 13.3 Å². The van der Waals surface area contributed by atoms with E-state index in [4.69, 9.17) is 0 Å². The summed E-state index contributed by atoms with van der Waals surface area (Å²) in [5, 5.41) is 2.72. The maximum atomic E-state index is 13.3. The maximum absolute atomic E-state index is 13.3. The summed E-state index contributed by atoms with van der Waals surface area (Å²) in [5.41, 5.74) is 1.40. The summed E-state index contributed by atoms with van der Waals surface area (Å²) in [5.74, 6) is -1.03. The van der Waals surface area contributed by atoms with Gasteiger partial charge in [0.05, 0.1) is 22.2 Å². The van der Waals surface area contributed by atoms with Gasteiger partial charge in [-0.2, -0.15) is 0 Å². The van der Waals surface area contributed by atoms with Gasteiger partial charge in [0.25, 0.3) is 0 Å². The van der Waals surface area contributed by atoms with Gasteiger partial charge in [0.2, 0.25) is 15.9 Å². The highest BCUT2D eigenvalue weighted by molar-refractivity contribution is 7.92. The van der Waals surface area contributed by atoms with Crippen molar-refractivity contribution in [3.05, 3.63) is 57.9 Å². The van der Waals surface area contributed by atoms with Crippen LogP contribution < -0.4 is 14.5 Å². The second-order valence-corrected chi connectivity index (χ2v) is 9.41. The van der Waals surface area contributed by atoms with Gasteiger partial charge in [-0.15, -0.1) is 0 Å². The monoisotopic (exact) mass is 437 g/mol. The Labute approximate surface area is 171 Å². The number of amides is 1. The highest BCUT2D eigenvalue weighted by Crippen LogP contribution is 2.25. The Morgan fingerprint density at radius 3 is 2.48 bits per heavy atom. The van der Waals surface area contributed by atoms with E-state index in [9.17, 15) is 22.4 Å². The van der Waals surface area contributed by atoms with Crippen molar-refractivity contribution in [3.8, 4) is 0 Å². The summed E-state index contributed by atoms with van der Waals surface area (Å²) >= 11 is 1.06. The maximum Gasteiger partial charge on any atom is 0.307 e. The number of carbonyl (C=O) groups excluding carboxylic acids is 1. The van der Waals surface area contributed by atoms with Crippen LogP contribution in [0.5, 0.6) is 0 Å². The second-order valence-electron chi connectivity index (χ2n) is 6.56. The van der Waals surface area contributed by atoms with Gasteiger partial charge in [-0.05, 0) is 48.9 Å². The summed E-state index contributed by atoms with van der Waals surface area (Å²) in [4.78, 5) is 24.6. The molecule has 1 N–H and O–H groups in total. The first kappa shape index (κ1) is 21.0. The third kappa shape index (κ3) is 4.33. The van der Waals surface area contributed by atoms with E-state index in [0.717, 1.165) is 39.5 Å². The molecule has 2 aromatic carbocycles. The first-order chi connectivity index (χ1) is 13.6.